The number of likely N-dealkylation sites (N-methyl/N-ethyl adjacent to an activating group) is 1. The van der Waals surface area contributed by atoms with Crippen LogP contribution in [0.2, 0.25) is 0 Å². The van der Waals surface area contributed by atoms with Crippen molar-refractivity contribution in [3.8, 4) is 0 Å². The van der Waals surface area contributed by atoms with Crippen molar-refractivity contribution in [1.82, 2.24) is 14.1 Å². The first-order valence-corrected chi connectivity index (χ1v) is 15.0. The summed E-state index contributed by atoms with van der Waals surface area (Å²) in [5.41, 5.74) is 0. The summed E-state index contributed by atoms with van der Waals surface area (Å²) in [7, 11) is -3.47. The second-order valence-electron chi connectivity index (χ2n) is 8.57. The zero-order valence-corrected chi connectivity index (χ0v) is 21.4. The largest absolute Gasteiger partial charge is 0.308 e. The van der Waals surface area contributed by atoms with E-state index in [1.54, 1.807) is 15.6 Å². The highest BCUT2D eigenvalue weighted by molar-refractivity contribution is 7.91. The number of likely N-dealkylation sites (tertiary alicyclic amines) is 1. The number of benzene rings is 1. The summed E-state index contributed by atoms with van der Waals surface area (Å²) in [5, 5.41) is 2.09. The molecular formula is C22H33N3O4S3. The summed E-state index contributed by atoms with van der Waals surface area (Å²) in [6.07, 6.45) is 3.64. The van der Waals surface area contributed by atoms with Crippen LogP contribution in [0, 0.1) is 0 Å². The molecule has 1 aromatic carbocycles. The molecule has 0 unspecified atom stereocenters. The van der Waals surface area contributed by atoms with E-state index in [1.165, 1.54) is 29.1 Å². The number of hydrogen-bond acceptors (Lipinski definition) is 7. The van der Waals surface area contributed by atoms with Crippen molar-refractivity contribution in [2.45, 2.75) is 35.1 Å². The summed E-state index contributed by atoms with van der Waals surface area (Å²) in [4.78, 5) is 5.80. The second-order valence-corrected chi connectivity index (χ2v) is 13.5. The van der Waals surface area contributed by atoms with Crippen molar-refractivity contribution >= 4 is 31.2 Å². The van der Waals surface area contributed by atoms with Gasteiger partial charge in [-0.3, -0.25) is 0 Å². The Morgan fingerprint density at radius 2 is 1.69 bits per heavy atom. The number of thiophene rings is 1. The normalized spacial score (nSPS) is 16.8. The lowest BCUT2D eigenvalue weighted by Gasteiger charge is -2.38. The maximum Gasteiger partial charge on any atom is 0.243 e. The molecule has 178 valence electrons. The Hall–Kier alpha value is -1.30. The molecule has 1 aromatic heterocycles. The molecule has 2 aromatic rings. The summed E-state index contributed by atoms with van der Waals surface area (Å²) in [5.74, 6) is 0. The summed E-state index contributed by atoms with van der Waals surface area (Å²) >= 11 is 1.77. The second kappa shape index (κ2) is 10.8. The van der Waals surface area contributed by atoms with E-state index in [-0.39, 0.29) is 15.8 Å². The van der Waals surface area contributed by atoms with Gasteiger partial charge >= 0.3 is 0 Å². The standard InChI is InChI=1S/C22H33N3O4S3/c1-23(2)15-16-25(32(28,29)22-8-4-7-21(18-22)31(3,26)27)19-9-12-24(13-10-19)14-11-20-6-5-17-30-20/h4-8,17-19H,9-16H2,1-3H3. The van der Waals surface area contributed by atoms with Gasteiger partial charge in [-0.1, -0.05) is 12.1 Å². The molecule has 0 N–H and O–H groups in total. The van der Waals surface area contributed by atoms with Crippen LogP contribution >= 0.6 is 11.3 Å². The van der Waals surface area contributed by atoms with Crippen LogP contribution in [0.5, 0.6) is 0 Å². The number of hydrogen-bond donors (Lipinski definition) is 0. The first kappa shape index (κ1) is 25.3. The Labute approximate surface area is 196 Å². The average Bonchev–Trinajstić information content (AvgIpc) is 3.26. The van der Waals surface area contributed by atoms with Gasteiger partial charge < -0.3 is 9.80 Å². The topological polar surface area (TPSA) is 78.0 Å². The van der Waals surface area contributed by atoms with Gasteiger partial charge in [-0.05, 0) is 76.1 Å². The summed E-state index contributed by atoms with van der Waals surface area (Å²) < 4.78 is 52.7. The van der Waals surface area contributed by atoms with E-state index in [4.69, 9.17) is 0 Å². The fraction of sp³-hybridized carbons (Fsp3) is 0.545. The molecule has 1 aliphatic heterocycles. The van der Waals surface area contributed by atoms with Gasteiger partial charge in [-0.15, -0.1) is 11.3 Å². The number of sulfonamides is 1. The summed E-state index contributed by atoms with van der Waals surface area (Å²) in [6.45, 7) is 3.66. The van der Waals surface area contributed by atoms with E-state index >= 15 is 0 Å². The maximum absolute atomic E-state index is 13.6. The van der Waals surface area contributed by atoms with Crippen molar-refractivity contribution in [1.29, 1.82) is 0 Å². The van der Waals surface area contributed by atoms with Gasteiger partial charge in [0.2, 0.25) is 10.0 Å². The third-order valence-corrected chi connectivity index (χ3v) is 9.82. The van der Waals surface area contributed by atoms with E-state index in [9.17, 15) is 16.8 Å². The van der Waals surface area contributed by atoms with Crippen LogP contribution in [-0.4, -0.2) is 90.1 Å². The van der Waals surface area contributed by atoms with Crippen molar-refractivity contribution in [2.75, 3.05) is 53.1 Å². The van der Waals surface area contributed by atoms with Crippen LogP contribution in [0.1, 0.15) is 17.7 Å². The first-order chi connectivity index (χ1) is 15.1. The first-order valence-electron chi connectivity index (χ1n) is 10.8. The molecule has 1 fully saturated rings. The molecule has 0 bridgehead atoms. The van der Waals surface area contributed by atoms with Gasteiger partial charge in [0.05, 0.1) is 9.79 Å². The SMILES string of the molecule is CN(C)CCN(C1CCN(CCc2cccs2)CC1)S(=O)(=O)c1cccc(S(C)(=O)=O)c1. The molecule has 1 saturated heterocycles. The molecule has 0 radical (unpaired) electrons. The predicted octanol–water partition coefficient (Wildman–Crippen LogP) is 2.41. The maximum atomic E-state index is 13.6. The fourth-order valence-electron chi connectivity index (χ4n) is 3.95. The monoisotopic (exact) mass is 499 g/mol. The lowest BCUT2D eigenvalue weighted by molar-refractivity contribution is 0.155. The highest BCUT2D eigenvalue weighted by Gasteiger charge is 2.34. The minimum Gasteiger partial charge on any atom is -0.308 e. The molecule has 0 atom stereocenters. The van der Waals surface area contributed by atoms with E-state index in [0.717, 1.165) is 45.2 Å². The van der Waals surface area contributed by atoms with Crippen LogP contribution < -0.4 is 0 Å². The lowest BCUT2D eigenvalue weighted by Crippen LogP contribution is -2.49. The van der Waals surface area contributed by atoms with Crippen LogP contribution in [0.4, 0.5) is 0 Å². The van der Waals surface area contributed by atoms with Gasteiger partial charge in [0.1, 0.15) is 0 Å². The zero-order valence-electron chi connectivity index (χ0n) is 19.0. The van der Waals surface area contributed by atoms with Gasteiger partial charge in [-0.2, -0.15) is 4.31 Å². The number of rotatable bonds is 10. The van der Waals surface area contributed by atoms with Crippen LogP contribution in [0.25, 0.3) is 0 Å². The Morgan fingerprint density at radius 1 is 1.00 bits per heavy atom. The fourth-order valence-corrected chi connectivity index (χ4v) is 7.11. The van der Waals surface area contributed by atoms with E-state index < -0.39 is 19.9 Å². The molecule has 7 nitrogen and oxygen atoms in total. The number of nitrogens with zero attached hydrogens (tertiary/aromatic N) is 3. The van der Waals surface area contributed by atoms with Crippen molar-refractivity contribution in [2.24, 2.45) is 0 Å². The molecule has 0 saturated carbocycles. The molecule has 2 heterocycles. The molecule has 0 aliphatic carbocycles. The minimum atomic E-state index is -3.82. The molecule has 1 aliphatic rings. The highest BCUT2D eigenvalue weighted by Crippen LogP contribution is 2.26. The van der Waals surface area contributed by atoms with Gasteiger partial charge in [-0.25, -0.2) is 16.8 Å². The average molecular weight is 500 g/mol. The van der Waals surface area contributed by atoms with Crippen LogP contribution in [0.3, 0.4) is 0 Å². The Kier molecular flexibility index (Phi) is 8.51. The van der Waals surface area contributed by atoms with Crippen molar-refractivity contribution < 1.29 is 16.8 Å². The van der Waals surface area contributed by atoms with Crippen LogP contribution in [-0.2, 0) is 26.3 Å². The molecule has 10 heteroatoms. The molecule has 0 spiro atoms. The van der Waals surface area contributed by atoms with Gasteiger partial charge in [0.25, 0.3) is 0 Å². The van der Waals surface area contributed by atoms with Gasteiger partial charge in [0, 0.05) is 36.8 Å². The number of piperidine rings is 1. The summed E-state index contributed by atoms with van der Waals surface area (Å²) in [6, 6.07) is 9.83. The van der Waals surface area contributed by atoms with E-state index in [1.807, 2.05) is 19.0 Å². The van der Waals surface area contributed by atoms with E-state index in [0.29, 0.717) is 13.1 Å². The molecule has 0 amide bonds. The van der Waals surface area contributed by atoms with Gasteiger partial charge in [0.15, 0.2) is 9.84 Å². The predicted molar refractivity (Wildman–Crippen MR) is 129 cm³/mol. The third kappa shape index (κ3) is 6.61. The van der Waals surface area contributed by atoms with Crippen LogP contribution in [0.15, 0.2) is 51.6 Å². The third-order valence-electron chi connectivity index (χ3n) is 5.83. The quantitative estimate of drug-likeness (QED) is 0.500. The molecule has 32 heavy (non-hydrogen) atoms. The Bertz CT molecular complexity index is 1080. The zero-order chi connectivity index (χ0) is 23.4. The van der Waals surface area contributed by atoms with E-state index in [2.05, 4.69) is 22.4 Å². The lowest BCUT2D eigenvalue weighted by atomic mass is 10.0. The van der Waals surface area contributed by atoms with Crippen molar-refractivity contribution in [3.63, 3.8) is 0 Å². The molecular weight excluding hydrogens is 466 g/mol. The molecule has 3 rings (SSSR count). The smallest absolute Gasteiger partial charge is 0.243 e. The Morgan fingerprint density at radius 3 is 2.28 bits per heavy atom. The Balaban J connectivity index is 1.75. The van der Waals surface area contributed by atoms with Crippen molar-refractivity contribution in [3.05, 3.63) is 46.7 Å². The highest BCUT2D eigenvalue weighted by atomic mass is 32.2. The number of sulfone groups is 1. The minimum absolute atomic E-state index is 0.0227.